The normalized spacial score (nSPS) is 10.2. The first-order chi connectivity index (χ1) is 10.6. The van der Waals surface area contributed by atoms with Gasteiger partial charge in [-0.25, -0.2) is 4.79 Å². The number of benzene rings is 1. The van der Waals surface area contributed by atoms with Crippen molar-refractivity contribution < 1.29 is 9.59 Å². The molecule has 2 N–H and O–H groups in total. The van der Waals surface area contributed by atoms with E-state index in [1.165, 1.54) is 11.8 Å². The number of urea groups is 1. The molecule has 0 radical (unpaired) electrons. The highest BCUT2D eigenvalue weighted by Gasteiger charge is 2.07. The lowest BCUT2D eigenvalue weighted by Gasteiger charge is -2.06. The Morgan fingerprint density at radius 3 is 2.64 bits per heavy atom. The number of halogens is 1. The van der Waals surface area contributed by atoms with Crippen LogP contribution in [0.2, 0.25) is 5.02 Å². The summed E-state index contributed by atoms with van der Waals surface area (Å²) in [7, 11) is 0. The molecule has 0 aliphatic heterocycles. The topological polar surface area (TPSA) is 58.2 Å². The number of nitrogens with one attached hydrogen (secondary N) is 2. The molecule has 22 heavy (non-hydrogen) atoms. The smallest absolute Gasteiger partial charge is 0.321 e. The second kappa shape index (κ2) is 8.82. The first-order valence-corrected chi connectivity index (χ1v) is 8.97. The number of rotatable bonds is 6. The van der Waals surface area contributed by atoms with Crippen molar-refractivity contribution in [2.75, 3.05) is 5.75 Å². The fraction of sp³-hybridized carbons (Fsp3) is 0.200. The van der Waals surface area contributed by atoms with Crippen molar-refractivity contribution in [3.8, 4) is 0 Å². The SMILES string of the molecule is O=C(CSCc1ccc(Cl)cc1)NC(=O)NCc1cccs1. The molecule has 2 rings (SSSR count). The molecule has 0 saturated carbocycles. The number of hydrogen-bond donors (Lipinski definition) is 2. The van der Waals surface area contributed by atoms with Crippen molar-refractivity contribution in [2.45, 2.75) is 12.3 Å². The van der Waals surface area contributed by atoms with Crippen LogP contribution in [0.25, 0.3) is 0 Å². The van der Waals surface area contributed by atoms with Crippen molar-refractivity contribution in [1.82, 2.24) is 10.6 Å². The van der Waals surface area contributed by atoms with Gasteiger partial charge in [0.05, 0.1) is 12.3 Å². The van der Waals surface area contributed by atoms with Gasteiger partial charge in [0.1, 0.15) is 0 Å². The van der Waals surface area contributed by atoms with Crippen molar-refractivity contribution >= 4 is 46.6 Å². The Balaban J connectivity index is 1.62. The van der Waals surface area contributed by atoms with Gasteiger partial charge >= 0.3 is 6.03 Å². The predicted octanol–water partition coefficient (Wildman–Crippen LogP) is 3.66. The summed E-state index contributed by atoms with van der Waals surface area (Å²) in [5, 5.41) is 7.58. The molecule has 0 aliphatic rings. The minimum atomic E-state index is -0.467. The Morgan fingerprint density at radius 1 is 1.18 bits per heavy atom. The van der Waals surface area contributed by atoms with Crippen LogP contribution in [0, 0.1) is 0 Å². The van der Waals surface area contributed by atoms with Crippen LogP contribution in [0.1, 0.15) is 10.4 Å². The third-order valence-corrected chi connectivity index (χ3v) is 4.80. The van der Waals surface area contributed by atoms with Crippen molar-refractivity contribution in [1.29, 1.82) is 0 Å². The summed E-state index contributed by atoms with van der Waals surface area (Å²) in [6.07, 6.45) is 0. The number of imide groups is 1. The van der Waals surface area contributed by atoms with E-state index in [-0.39, 0.29) is 11.7 Å². The number of hydrogen-bond acceptors (Lipinski definition) is 4. The molecule has 4 nitrogen and oxygen atoms in total. The standard InChI is InChI=1S/C15H15ClN2O2S2/c16-12-5-3-11(4-6-12)9-21-10-14(19)18-15(20)17-8-13-2-1-7-22-13/h1-7H,8-10H2,(H2,17,18,19,20). The maximum atomic E-state index is 11.6. The first kappa shape index (κ1) is 16.9. The first-order valence-electron chi connectivity index (χ1n) is 6.56. The third kappa shape index (κ3) is 6.09. The van der Waals surface area contributed by atoms with Crippen LogP contribution in [0.3, 0.4) is 0 Å². The van der Waals surface area contributed by atoms with Gasteiger partial charge < -0.3 is 5.32 Å². The number of carbonyl (C=O) groups excluding carboxylic acids is 2. The summed E-state index contributed by atoms with van der Waals surface area (Å²) in [5.41, 5.74) is 1.09. The van der Waals surface area contributed by atoms with Gasteiger partial charge in [-0.1, -0.05) is 29.8 Å². The largest absolute Gasteiger partial charge is 0.333 e. The van der Waals surface area contributed by atoms with Gasteiger partial charge in [-0.05, 0) is 29.1 Å². The van der Waals surface area contributed by atoms with Crippen molar-refractivity contribution in [2.24, 2.45) is 0 Å². The van der Waals surface area contributed by atoms with E-state index in [9.17, 15) is 9.59 Å². The Bertz CT molecular complexity index is 615. The molecule has 7 heteroatoms. The summed E-state index contributed by atoms with van der Waals surface area (Å²) in [5.74, 6) is 0.624. The van der Waals surface area contributed by atoms with Crippen LogP contribution in [-0.2, 0) is 17.1 Å². The highest BCUT2D eigenvalue weighted by Crippen LogP contribution is 2.15. The van der Waals surface area contributed by atoms with Gasteiger partial charge in [-0.3, -0.25) is 10.1 Å². The minimum Gasteiger partial charge on any atom is -0.333 e. The van der Waals surface area contributed by atoms with Gasteiger partial charge in [0, 0.05) is 15.7 Å². The zero-order chi connectivity index (χ0) is 15.8. The Hall–Kier alpha value is -1.50. The van der Waals surface area contributed by atoms with Gasteiger partial charge in [0.15, 0.2) is 0 Å². The summed E-state index contributed by atoms with van der Waals surface area (Å²) in [4.78, 5) is 24.2. The second-order valence-electron chi connectivity index (χ2n) is 4.43. The lowest BCUT2D eigenvalue weighted by molar-refractivity contribution is -0.117. The molecule has 2 aromatic rings. The fourth-order valence-electron chi connectivity index (χ4n) is 1.63. The van der Waals surface area contributed by atoms with E-state index < -0.39 is 6.03 Å². The maximum absolute atomic E-state index is 11.6. The number of thioether (sulfide) groups is 1. The molecule has 0 aliphatic carbocycles. The molecule has 0 unspecified atom stereocenters. The van der Waals surface area contributed by atoms with Crippen LogP contribution < -0.4 is 10.6 Å². The Labute approximate surface area is 142 Å². The Morgan fingerprint density at radius 2 is 1.95 bits per heavy atom. The lowest BCUT2D eigenvalue weighted by atomic mass is 10.2. The number of carbonyl (C=O) groups is 2. The molecule has 0 spiro atoms. The zero-order valence-corrected chi connectivity index (χ0v) is 14.1. The fourth-order valence-corrected chi connectivity index (χ4v) is 3.19. The van der Waals surface area contributed by atoms with E-state index in [4.69, 9.17) is 11.6 Å². The lowest BCUT2D eigenvalue weighted by Crippen LogP contribution is -2.39. The maximum Gasteiger partial charge on any atom is 0.321 e. The van der Waals surface area contributed by atoms with Crippen LogP contribution in [0.15, 0.2) is 41.8 Å². The molecular weight excluding hydrogens is 340 g/mol. The average molecular weight is 355 g/mol. The van der Waals surface area contributed by atoms with Crippen LogP contribution in [0.5, 0.6) is 0 Å². The predicted molar refractivity (Wildman–Crippen MR) is 92.3 cm³/mol. The van der Waals surface area contributed by atoms with E-state index >= 15 is 0 Å². The van der Waals surface area contributed by atoms with Gasteiger partial charge in [-0.2, -0.15) is 0 Å². The van der Waals surface area contributed by atoms with Crippen molar-refractivity contribution in [3.63, 3.8) is 0 Å². The molecule has 0 saturated heterocycles. The van der Waals surface area contributed by atoms with E-state index in [0.29, 0.717) is 17.3 Å². The quantitative estimate of drug-likeness (QED) is 0.832. The summed E-state index contributed by atoms with van der Waals surface area (Å²) in [6.45, 7) is 0.425. The second-order valence-corrected chi connectivity index (χ2v) is 6.88. The highest BCUT2D eigenvalue weighted by atomic mass is 35.5. The molecule has 0 bridgehead atoms. The van der Waals surface area contributed by atoms with Gasteiger partial charge in [-0.15, -0.1) is 23.1 Å². The number of amides is 3. The molecule has 0 fully saturated rings. The highest BCUT2D eigenvalue weighted by molar-refractivity contribution is 7.99. The summed E-state index contributed by atoms with van der Waals surface area (Å²) < 4.78 is 0. The Kier molecular flexibility index (Phi) is 6.76. The molecule has 3 amide bonds. The van der Waals surface area contributed by atoms with Crippen molar-refractivity contribution in [3.05, 3.63) is 57.2 Å². The van der Waals surface area contributed by atoms with Gasteiger partial charge in [0.25, 0.3) is 0 Å². The van der Waals surface area contributed by atoms with E-state index in [1.54, 1.807) is 11.3 Å². The van der Waals surface area contributed by atoms with Crippen LogP contribution >= 0.6 is 34.7 Å². The van der Waals surface area contributed by atoms with Crippen LogP contribution in [-0.4, -0.2) is 17.7 Å². The monoisotopic (exact) mass is 354 g/mol. The molecule has 1 heterocycles. The molecule has 1 aromatic heterocycles. The minimum absolute atomic E-state index is 0.231. The summed E-state index contributed by atoms with van der Waals surface area (Å²) in [6, 6.07) is 10.8. The number of thiophene rings is 1. The zero-order valence-electron chi connectivity index (χ0n) is 11.7. The molecule has 1 aromatic carbocycles. The van der Waals surface area contributed by atoms with E-state index in [0.717, 1.165) is 10.4 Å². The van der Waals surface area contributed by atoms with Crippen LogP contribution in [0.4, 0.5) is 4.79 Å². The average Bonchev–Trinajstić information content (AvgIpc) is 3.00. The van der Waals surface area contributed by atoms with E-state index in [2.05, 4.69) is 10.6 Å². The summed E-state index contributed by atoms with van der Waals surface area (Å²) >= 11 is 8.81. The molecular formula is C15H15ClN2O2S2. The van der Waals surface area contributed by atoms with E-state index in [1.807, 2.05) is 41.8 Å². The molecule has 116 valence electrons. The third-order valence-electron chi connectivity index (χ3n) is 2.67. The molecule has 0 atom stereocenters. The van der Waals surface area contributed by atoms with Gasteiger partial charge in [0.2, 0.25) is 5.91 Å².